The van der Waals surface area contributed by atoms with Crippen molar-refractivity contribution in [1.29, 1.82) is 0 Å². The number of hydrogen-bond donors (Lipinski definition) is 1. The smallest absolute Gasteiger partial charge is 0.416 e. The highest BCUT2D eigenvalue weighted by Crippen LogP contribution is 2.36. The van der Waals surface area contributed by atoms with Gasteiger partial charge in [0.15, 0.2) is 11.4 Å². The van der Waals surface area contributed by atoms with Gasteiger partial charge in [0.2, 0.25) is 0 Å². The van der Waals surface area contributed by atoms with Gasteiger partial charge in [-0.15, -0.1) is 0 Å². The molecule has 0 saturated carbocycles. The van der Waals surface area contributed by atoms with Gasteiger partial charge in [-0.1, -0.05) is 11.6 Å². The monoisotopic (exact) mass is 409 g/mol. The van der Waals surface area contributed by atoms with Crippen molar-refractivity contribution in [3.8, 4) is 5.95 Å². The van der Waals surface area contributed by atoms with Gasteiger partial charge in [0, 0.05) is 12.4 Å². The molecule has 0 unspecified atom stereocenters. The summed E-state index contributed by atoms with van der Waals surface area (Å²) < 4.78 is 45.7. The summed E-state index contributed by atoms with van der Waals surface area (Å²) >= 11 is 5.92. The van der Waals surface area contributed by atoms with Crippen LogP contribution in [0.3, 0.4) is 0 Å². The number of anilines is 1. The number of nitrogens with one attached hydrogen (secondary N) is 1. The van der Waals surface area contributed by atoms with Gasteiger partial charge in [0.25, 0.3) is 12.0 Å². The van der Waals surface area contributed by atoms with Crippen LogP contribution in [0.25, 0.3) is 17.0 Å². The van der Waals surface area contributed by atoms with Crippen LogP contribution in [0.4, 0.5) is 19.2 Å². The van der Waals surface area contributed by atoms with Gasteiger partial charge in [-0.2, -0.15) is 27.9 Å². The standard InChI is InChI=1S/C16H11ClF3N7O/c1-8(13-23-7-24-27(13)14-21-3-2-4-22-14)25-15-26-11-6-9(16(18,19)20)5-10(17)12(11)28-15/h2-8H,1H3,(H,25,26)/t8-/m0/s1. The number of aromatic nitrogens is 6. The zero-order valence-electron chi connectivity index (χ0n) is 14.1. The molecule has 0 amide bonds. The number of hydrogen-bond acceptors (Lipinski definition) is 7. The van der Waals surface area contributed by atoms with E-state index in [9.17, 15) is 13.2 Å². The first-order chi connectivity index (χ1) is 13.3. The minimum atomic E-state index is -4.54. The van der Waals surface area contributed by atoms with Gasteiger partial charge in [0.05, 0.1) is 16.6 Å². The molecule has 12 heteroatoms. The van der Waals surface area contributed by atoms with Gasteiger partial charge >= 0.3 is 6.18 Å². The summed E-state index contributed by atoms with van der Waals surface area (Å²) in [6.07, 6.45) is -0.0773. The fraction of sp³-hybridized carbons (Fsp3) is 0.188. The second-order valence-electron chi connectivity index (χ2n) is 5.77. The molecule has 0 aliphatic heterocycles. The number of alkyl halides is 3. The molecule has 8 nitrogen and oxygen atoms in total. The van der Waals surface area contributed by atoms with Crippen molar-refractivity contribution in [1.82, 2.24) is 29.7 Å². The topological polar surface area (TPSA) is 94.6 Å². The molecule has 0 saturated heterocycles. The van der Waals surface area contributed by atoms with Crippen LogP contribution in [0, 0.1) is 0 Å². The van der Waals surface area contributed by atoms with Gasteiger partial charge in [0.1, 0.15) is 11.8 Å². The van der Waals surface area contributed by atoms with E-state index >= 15 is 0 Å². The van der Waals surface area contributed by atoms with E-state index in [1.54, 1.807) is 25.4 Å². The Morgan fingerprint density at radius 1 is 1.18 bits per heavy atom. The van der Waals surface area contributed by atoms with Crippen molar-refractivity contribution in [2.24, 2.45) is 0 Å². The lowest BCUT2D eigenvalue weighted by atomic mass is 10.2. The molecule has 3 aromatic heterocycles. The van der Waals surface area contributed by atoms with Crippen LogP contribution in [-0.2, 0) is 6.18 Å². The van der Waals surface area contributed by atoms with Crippen molar-refractivity contribution in [2.45, 2.75) is 19.1 Å². The van der Waals surface area contributed by atoms with Gasteiger partial charge < -0.3 is 9.73 Å². The average Bonchev–Trinajstić information content (AvgIpc) is 3.28. The summed E-state index contributed by atoms with van der Waals surface area (Å²) in [7, 11) is 0. The quantitative estimate of drug-likeness (QED) is 0.543. The molecular formula is C16H11ClF3N7O. The second kappa shape index (κ2) is 6.75. The first-order valence-electron chi connectivity index (χ1n) is 7.94. The lowest BCUT2D eigenvalue weighted by molar-refractivity contribution is -0.137. The van der Waals surface area contributed by atoms with Crippen LogP contribution in [0.1, 0.15) is 24.4 Å². The number of oxazole rings is 1. The third kappa shape index (κ3) is 3.36. The molecule has 1 atom stereocenters. The Hall–Kier alpha value is -3.21. The molecule has 0 bridgehead atoms. The van der Waals surface area contributed by atoms with E-state index in [4.69, 9.17) is 16.0 Å². The van der Waals surface area contributed by atoms with E-state index in [1.165, 1.54) is 11.0 Å². The summed E-state index contributed by atoms with van der Waals surface area (Å²) in [4.78, 5) is 16.4. The van der Waals surface area contributed by atoms with E-state index in [-0.39, 0.29) is 22.1 Å². The second-order valence-corrected chi connectivity index (χ2v) is 6.18. The lowest BCUT2D eigenvalue weighted by Gasteiger charge is -2.11. The summed E-state index contributed by atoms with van der Waals surface area (Å²) in [5.41, 5.74) is -0.863. The number of fused-ring (bicyclic) bond motifs is 1. The molecule has 0 spiro atoms. The summed E-state index contributed by atoms with van der Waals surface area (Å²) in [6, 6.07) is 2.86. The highest BCUT2D eigenvalue weighted by molar-refractivity contribution is 6.34. The Labute approximate surface area is 160 Å². The molecule has 0 aliphatic carbocycles. The van der Waals surface area contributed by atoms with Crippen molar-refractivity contribution >= 4 is 28.7 Å². The molecular weight excluding hydrogens is 399 g/mol. The molecule has 4 rings (SSSR count). The van der Waals surface area contributed by atoms with Crippen LogP contribution >= 0.6 is 11.6 Å². The van der Waals surface area contributed by atoms with Crippen LogP contribution in [-0.4, -0.2) is 29.7 Å². The lowest BCUT2D eigenvalue weighted by Crippen LogP contribution is -2.15. The molecule has 28 heavy (non-hydrogen) atoms. The number of benzene rings is 1. The predicted octanol–water partition coefficient (Wildman–Crippen LogP) is 4.04. The van der Waals surface area contributed by atoms with Crippen LogP contribution in [0.2, 0.25) is 5.02 Å². The van der Waals surface area contributed by atoms with E-state index < -0.39 is 17.8 Å². The molecule has 1 aromatic carbocycles. The average molecular weight is 410 g/mol. The third-order valence-electron chi connectivity index (χ3n) is 3.82. The Kier molecular flexibility index (Phi) is 4.38. The largest absolute Gasteiger partial charge is 0.422 e. The maximum Gasteiger partial charge on any atom is 0.416 e. The summed E-state index contributed by atoms with van der Waals surface area (Å²) in [5.74, 6) is 0.773. The normalized spacial score (nSPS) is 13.0. The minimum absolute atomic E-state index is 0.00717. The van der Waals surface area contributed by atoms with Crippen molar-refractivity contribution in [3.05, 3.63) is 53.3 Å². The maximum absolute atomic E-state index is 12.9. The minimum Gasteiger partial charge on any atom is -0.422 e. The van der Waals surface area contributed by atoms with Crippen molar-refractivity contribution in [3.63, 3.8) is 0 Å². The molecule has 4 aromatic rings. The predicted molar refractivity (Wildman–Crippen MR) is 93.0 cm³/mol. The van der Waals surface area contributed by atoms with E-state index in [0.717, 1.165) is 12.1 Å². The molecule has 144 valence electrons. The highest BCUT2D eigenvalue weighted by Gasteiger charge is 2.32. The van der Waals surface area contributed by atoms with Crippen LogP contribution in [0.5, 0.6) is 0 Å². The number of halogens is 4. The SMILES string of the molecule is C[C@H](Nc1nc2cc(C(F)(F)F)cc(Cl)c2o1)c1ncnn1-c1ncccn1. The zero-order valence-corrected chi connectivity index (χ0v) is 14.9. The molecule has 1 N–H and O–H groups in total. The number of rotatable bonds is 4. The highest BCUT2D eigenvalue weighted by atomic mass is 35.5. The Bertz CT molecular complexity index is 1130. The Morgan fingerprint density at radius 2 is 1.93 bits per heavy atom. The van der Waals surface area contributed by atoms with Crippen molar-refractivity contribution in [2.75, 3.05) is 5.32 Å². The fourth-order valence-electron chi connectivity index (χ4n) is 2.57. The maximum atomic E-state index is 12.9. The molecule has 0 aliphatic rings. The molecule has 3 heterocycles. The first kappa shape index (κ1) is 18.2. The molecule has 0 fully saturated rings. The van der Waals surface area contributed by atoms with Gasteiger partial charge in [-0.25, -0.2) is 15.0 Å². The first-order valence-corrected chi connectivity index (χ1v) is 8.32. The van der Waals surface area contributed by atoms with Crippen LogP contribution in [0.15, 0.2) is 41.3 Å². The Morgan fingerprint density at radius 3 is 2.64 bits per heavy atom. The van der Waals surface area contributed by atoms with Crippen molar-refractivity contribution < 1.29 is 17.6 Å². The third-order valence-corrected chi connectivity index (χ3v) is 4.10. The van der Waals surface area contributed by atoms with Gasteiger partial charge in [-0.3, -0.25) is 0 Å². The number of nitrogens with zero attached hydrogens (tertiary/aromatic N) is 6. The fourth-order valence-corrected chi connectivity index (χ4v) is 2.82. The van der Waals surface area contributed by atoms with E-state index in [1.807, 2.05) is 0 Å². The zero-order chi connectivity index (χ0) is 19.9. The van der Waals surface area contributed by atoms with E-state index in [0.29, 0.717) is 11.8 Å². The Balaban J connectivity index is 1.64. The van der Waals surface area contributed by atoms with Crippen LogP contribution < -0.4 is 5.32 Å². The van der Waals surface area contributed by atoms with E-state index in [2.05, 4.69) is 30.4 Å². The summed E-state index contributed by atoms with van der Waals surface area (Å²) in [6.45, 7) is 1.75. The molecule has 0 radical (unpaired) electrons. The van der Waals surface area contributed by atoms with Gasteiger partial charge in [-0.05, 0) is 25.1 Å². The summed E-state index contributed by atoms with van der Waals surface area (Å²) in [5, 5.41) is 6.84.